The first-order valence-corrected chi connectivity index (χ1v) is 10.0. The van der Waals surface area contributed by atoms with Gasteiger partial charge in [0, 0.05) is 17.9 Å². The molecule has 1 aromatic carbocycles. The molecule has 1 saturated heterocycles. The summed E-state index contributed by atoms with van der Waals surface area (Å²) in [7, 11) is 1.21. The lowest BCUT2D eigenvalue weighted by molar-refractivity contribution is -0.131. The molecule has 0 radical (unpaired) electrons. The van der Waals surface area contributed by atoms with Crippen molar-refractivity contribution in [2.75, 3.05) is 12.4 Å². The van der Waals surface area contributed by atoms with Crippen LogP contribution in [0.4, 0.5) is 18.9 Å². The molecule has 1 aromatic heterocycles. The smallest absolute Gasteiger partial charge is 0.270 e. The second-order valence-corrected chi connectivity index (χ2v) is 8.07. The molecular formula is C22H26F3N3O3. The van der Waals surface area contributed by atoms with E-state index in [1.54, 1.807) is 0 Å². The van der Waals surface area contributed by atoms with Crippen LogP contribution in [0, 0.1) is 11.7 Å². The number of aromatic nitrogens is 2. The molecule has 168 valence electrons. The molecule has 31 heavy (non-hydrogen) atoms. The average molecular weight is 437 g/mol. The van der Waals surface area contributed by atoms with Crippen molar-refractivity contribution >= 4 is 11.6 Å². The predicted octanol–water partition coefficient (Wildman–Crippen LogP) is 4.66. The Bertz CT molecular complexity index is 951. The van der Waals surface area contributed by atoms with Gasteiger partial charge in [-0.05, 0) is 25.8 Å². The van der Waals surface area contributed by atoms with Crippen LogP contribution in [-0.4, -0.2) is 34.7 Å². The van der Waals surface area contributed by atoms with Gasteiger partial charge in [-0.2, -0.15) is 0 Å². The number of hydrogen-bond acceptors (Lipinski definition) is 5. The summed E-state index contributed by atoms with van der Waals surface area (Å²) in [5, 5.41) is 2.73. The number of halogens is 3. The number of anilines is 1. The van der Waals surface area contributed by atoms with Gasteiger partial charge in [0.1, 0.15) is 23.5 Å². The van der Waals surface area contributed by atoms with E-state index in [1.807, 2.05) is 27.7 Å². The van der Waals surface area contributed by atoms with Crippen molar-refractivity contribution in [3.63, 3.8) is 0 Å². The van der Waals surface area contributed by atoms with Crippen molar-refractivity contribution in [1.29, 1.82) is 0 Å². The average Bonchev–Trinajstić information content (AvgIpc) is 2.97. The SMILES string of the molecule is CCc1ncc(NC(=O)[C@H]2OC(C)(C)[C@H](C)[C@@H]2c2ccc(F)c(C(F)F)c2OC)cn1. The number of amides is 1. The van der Waals surface area contributed by atoms with Crippen LogP contribution in [0.15, 0.2) is 24.5 Å². The number of methoxy groups -OCH3 is 1. The Morgan fingerprint density at radius 3 is 2.48 bits per heavy atom. The molecular weight excluding hydrogens is 411 g/mol. The van der Waals surface area contributed by atoms with Gasteiger partial charge >= 0.3 is 0 Å². The molecule has 2 heterocycles. The maximum absolute atomic E-state index is 14.1. The van der Waals surface area contributed by atoms with Crippen LogP contribution in [0.25, 0.3) is 0 Å². The summed E-state index contributed by atoms with van der Waals surface area (Å²) in [5.41, 5.74) is -0.865. The molecule has 0 unspecified atom stereocenters. The van der Waals surface area contributed by atoms with Gasteiger partial charge < -0.3 is 14.8 Å². The highest BCUT2D eigenvalue weighted by Gasteiger charge is 2.51. The highest BCUT2D eigenvalue weighted by molar-refractivity contribution is 5.95. The third-order valence-corrected chi connectivity index (χ3v) is 5.89. The lowest BCUT2D eigenvalue weighted by Gasteiger charge is -2.26. The first-order valence-electron chi connectivity index (χ1n) is 10.0. The van der Waals surface area contributed by atoms with E-state index in [4.69, 9.17) is 9.47 Å². The number of ether oxygens (including phenoxy) is 2. The van der Waals surface area contributed by atoms with Gasteiger partial charge in [-0.1, -0.05) is 19.9 Å². The number of benzene rings is 1. The topological polar surface area (TPSA) is 73.3 Å². The highest BCUT2D eigenvalue weighted by atomic mass is 19.3. The zero-order chi connectivity index (χ0) is 22.9. The van der Waals surface area contributed by atoms with E-state index in [-0.39, 0.29) is 11.7 Å². The molecule has 0 bridgehead atoms. The fourth-order valence-corrected chi connectivity index (χ4v) is 3.95. The fourth-order valence-electron chi connectivity index (χ4n) is 3.95. The van der Waals surface area contributed by atoms with E-state index < -0.39 is 41.3 Å². The van der Waals surface area contributed by atoms with Gasteiger partial charge in [0.15, 0.2) is 0 Å². The molecule has 1 amide bonds. The second kappa shape index (κ2) is 8.82. The molecule has 1 N–H and O–H groups in total. The maximum atomic E-state index is 14.1. The number of nitrogens with one attached hydrogen (secondary N) is 1. The van der Waals surface area contributed by atoms with Crippen LogP contribution in [0.1, 0.15) is 57.0 Å². The van der Waals surface area contributed by atoms with E-state index in [0.717, 1.165) is 6.07 Å². The summed E-state index contributed by atoms with van der Waals surface area (Å²) >= 11 is 0. The van der Waals surface area contributed by atoms with E-state index in [1.165, 1.54) is 25.6 Å². The normalized spacial score (nSPS) is 22.5. The number of carbonyl (C=O) groups is 1. The monoisotopic (exact) mass is 437 g/mol. The molecule has 1 aliphatic rings. The number of carbonyl (C=O) groups excluding carboxylic acids is 1. The summed E-state index contributed by atoms with van der Waals surface area (Å²) in [4.78, 5) is 21.4. The number of hydrogen-bond donors (Lipinski definition) is 1. The molecule has 9 heteroatoms. The maximum Gasteiger partial charge on any atom is 0.270 e. The Morgan fingerprint density at radius 2 is 1.94 bits per heavy atom. The summed E-state index contributed by atoms with van der Waals surface area (Å²) in [6.07, 6.45) is -0.432. The van der Waals surface area contributed by atoms with Crippen molar-refractivity contribution < 1.29 is 27.4 Å². The summed E-state index contributed by atoms with van der Waals surface area (Å²) in [5.74, 6) is -2.05. The van der Waals surface area contributed by atoms with Crippen LogP contribution < -0.4 is 10.1 Å². The van der Waals surface area contributed by atoms with Crippen LogP contribution in [0.3, 0.4) is 0 Å². The molecule has 2 aromatic rings. The lowest BCUT2D eigenvalue weighted by atomic mass is 9.77. The summed E-state index contributed by atoms with van der Waals surface area (Å²) in [6.45, 7) is 7.42. The third-order valence-electron chi connectivity index (χ3n) is 5.89. The number of nitrogens with zero attached hydrogens (tertiary/aromatic N) is 2. The minimum atomic E-state index is -3.07. The number of aryl methyl sites for hydroxylation is 1. The Hall–Kier alpha value is -2.68. The first kappa shape index (κ1) is 23.0. The Morgan fingerprint density at radius 1 is 1.29 bits per heavy atom. The summed E-state index contributed by atoms with van der Waals surface area (Å²) in [6, 6.07) is 2.36. The highest BCUT2D eigenvalue weighted by Crippen LogP contribution is 2.50. The molecule has 3 rings (SSSR count). The summed E-state index contributed by atoms with van der Waals surface area (Å²) < 4.78 is 52.5. The van der Waals surface area contributed by atoms with Gasteiger partial charge in [-0.3, -0.25) is 4.79 Å². The van der Waals surface area contributed by atoms with E-state index >= 15 is 0 Å². The zero-order valence-electron chi connectivity index (χ0n) is 18.1. The minimum Gasteiger partial charge on any atom is -0.496 e. The Kier molecular flexibility index (Phi) is 6.54. The molecule has 0 spiro atoms. The molecule has 0 saturated carbocycles. The van der Waals surface area contributed by atoms with E-state index in [2.05, 4.69) is 15.3 Å². The third kappa shape index (κ3) is 4.37. The lowest BCUT2D eigenvalue weighted by Crippen LogP contribution is -2.33. The second-order valence-electron chi connectivity index (χ2n) is 8.07. The quantitative estimate of drug-likeness (QED) is 0.712. The van der Waals surface area contributed by atoms with Crippen LogP contribution in [-0.2, 0) is 16.0 Å². The predicted molar refractivity (Wildman–Crippen MR) is 109 cm³/mol. The Labute approximate surface area is 179 Å². The van der Waals surface area contributed by atoms with Gasteiger partial charge in [-0.15, -0.1) is 0 Å². The van der Waals surface area contributed by atoms with Crippen molar-refractivity contribution in [2.45, 2.75) is 58.2 Å². The Balaban J connectivity index is 2.00. The van der Waals surface area contributed by atoms with Crippen LogP contribution in [0.5, 0.6) is 5.75 Å². The number of alkyl halides is 2. The van der Waals surface area contributed by atoms with E-state index in [9.17, 15) is 18.0 Å². The molecule has 6 nitrogen and oxygen atoms in total. The fraction of sp³-hybridized carbons (Fsp3) is 0.500. The largest absolute Gasteiger partial charge is 0.496 e. The molecule has 1 fully saturated rings. The van der Waals surface area contributed by atoms with E-state index in [0.29, 0.717) is 23.5 Å². The van der Waals surface area contributed by atoms with Crippen molar-refractivity contribution in [3.05, 3.63) is 47.3 Å². The molecule has 1 aliphatic heterocycles. The van der Waals surface area contributed by atoms with Crippen LogP contribution >= 0.6 is 0 Å². The zero-order valence-corrected chi connectivity index (χ0v) is 18.1. The van der Waals surface area contributed by atoms with Gasteiger partial charge in [-0.25, -0.2) is 23.1 Å². The van der Waals surface area contributed by atoms with Gasteiger partial charge in [0.05, 0.1) is 36.4 Å². The van der Waals surface area contributed by atoms with Gasteiger partial charge in [0.25, 0.3) is 12.3 Å². The molecule has 3 atom stereocenters. The van der Waals surface area contributed by atoms with Crippen LogP contribution in [0.2, 0.25) is 0 Å². The molecule has 0 aliphatic carbocycles. The van der Waals surface area contributed by atoms with Crippen molar-refractivity contribution in [1.82, 2.24) is 9.97 Å². The van der Waals surface area contributed by atoms with Crippen molar-refractivity contribution in [2.24, 2.45) is 5.92 Å². The standard InChI is InChI=1S/C22H26F3N3O3/c1-6-15-26-9-12(10-27-15)28-21(29)19-16(11(2)22(3,4)31-19)13-7-8-14(23)17(20(24)25)18(13)30-5/h7-11,16,19-20H,6H2,1-5H3,(H,28,29)/t11-,16-,19+/m1/s1. The first-order chi connectivity index (χ1) is 14.6. The number of rotatable bonds is 6. The minimum absolute atomic E-state index is 0.258. The van der Waals surface area contributed by atoms with Crippen molar-refractivity contribution in [3.8, 4) is 5.75 Å². The van der Waals surface area contributed by atoms with Gasteiger partial charge in [0.2, 0.25) is 0 Å².